The molecule has 0 spiro atoms. The van der Waals surface area contributed by atoms with Crippen molar-refractivity contribution in [3.63, 3.8) is 0 Å². The van der Waals surface area contributed by atoms with Crippen LogP contribution in [0.4, 0.5) is 4.39 Å². The van der Waals surface area contributed by atoms with Crippen molar-refractivity contribution >= 4 is 5.91 Å². The van der Waals surface area contributed by atoms with E-state index in [0.29, 0.717) is 32.6 Å². The van der Waals surface area contributed by atoms with Gasteiger partial charge in [-0.3, -0.25) is 4.79 Å². The monoisotopic (exact) mass is 381 g/mol. The van der Waals surface area contributed by atoms with E-state index < -0.39 is 6.29 Å². The molecule has 6 nitrogen and oxygen atoms in total. The van der Waals surface area contributed by atoms with Gasteiger partial charge in [0.2, 0.25) is 6.29 Å². The van der Waals surface area contributed by atoms with E-state index in [-0.39, 0.29) is 35.9 Å². The number of ether oxygens (including phenoxy) is 3. The zero-order valence-electron chi connectivity index (χ0n) is 15.8. The molecule has 0 radical (unpaired) electrons. The third-order valence-electron chi connectivity index (χ3n) is 4.48. The van der Waals surface area contributed by atoms with Crippen LogP contribution in [0.15, 0.2) is 36.1 Å². The van der Waals surface area contributed by atoms with E-state index >= 15 is 0 Å². The molecule has 0 aliphatic carbocycles. The predicted octanol–water partition coefficient (Wildman–Crippen LogP) is 2.34. The number of hydrogen-bond donors (Lipinski definition) is 2. The zero-order valence-corrected chi connectivity index (χ0v) is 15.8. The summed E-state index contributed by atoms with van der Waals surface area (Å²) in [4.78, 5) is 12.5. The maximum absolute atomic E-state index is 13.4. The van der Waals surface area contributed by atoms with Gasteiger partial charge in [0.25, 0.3) is 5.91 Å². The fourth-order valence-corrected chi connectivity index (χ4v) is 3.18. The number of carbonyl (C=O) groups excluding carboxylic acids is 1. The first-order valence-corrected chi connectivity index (χ1v) is 9.24. The molecule has 27 heavy (non-hydrogen) atoms. The number of allylic oxidation sites excluding steroid dienone is 1. The Labute approximate surface area is 159 Å². The van der Waals surface area contributed by atoms with Gasteiger partial charge in [-0.25, -0.2) is 4.39 Å². The molecule has 1 aromatic carbocycles. The molecule has 1 amide bonds. The summed E-state index contributed by atoms with van der Waals surface area (Å²) >= 11 is 0. The van der Waals surface area contributed by atoms with Gasteiger partial charge in [0, 0.05) is 38.7 Å². The lowest BCUT2D eigenvalue weighted by Crippen LogP contribution is -2.39. The SMILES string of the molecule is CCO[C@@H]1OC(C(=O)NCCOC)=C[C@H](c2ccc(F)cc2)[C@@H]1CCCO. The fraction of sp³-hybridized carbons (Fsp3) is 0.550. The first kappa shape index (κ1) is 21.3. The molecule has 1 aliphatic rings. The number of hydrogen-bond acceptors (Lipinski definition) is 5. The fourth-order valence-electron chi connectivity index (χ4n) is 3.18. The topological polar surface area (TPSA) is 77.0 Å². The first-order chi connectivity index (χ1) is 13.1. The van der Waals surface area contributed by atoms with Crippen LogP contribution in [-0.2, 0) is 19.0 Å². The second-order valence-corrected chi connectivity index (χ2v) is 6.33. The summed E-state index contributed by atoms with van der Waals surface area (Å²) in [6.45, 7) is 3.10. The maximum atomic E-state index is 13.4. The van der Waals surface area contributed by atoms with Crippen molar-refractivity contribution in [2.75, 3.05) is 33.5 Å². The van der Waals surface area contributed by atoms with Crippen molar-refractivity contribution in [3.05, 3.63) is 47.5 Å². The molecular formula is C20H28FNO5. The van der Waals surface area contributed by atoms with Crippen LogP contribution >= 0.6 is 0 Å². The van der Waals surface area contributed by atoms with E-state index in [1.165, 1.54) is 12.1 Å². The van der Waals surface area contributed by atoms with Crippen LogP contribution in [-0.4, -0.2) is 50.8 Å². The van der Waals surface area contributed by atoms with Crippen LogP contribution in [0.3, 0.4) is 0 Å². The summed E-state index contributed by atoms with van der Waals surface area (Å²) in [6, 6.07) is 6.21. The summed E-state index contributed by atoms with van der Waals surface area (Å²) in [5.74, 6) is -0.770. The van der Waals surface area contributed by atoms with Gasteiger partial charge >= 0.3 is 0 Å². The van der Waals surface area contributed by atoms with Gasteiger partial charge in [0.1, 0.15) is 5.82 Å². The molecule has 1 aromatic rings. The minimum Gasteiger partial charge on any atom is -0.459 e. The number of nitrogens with one attached hydrogen (secondary N) is 1. The third-order valence-corrected chi connectivity index (χ3v) is 4.48. The highest BCUT2D eigenvalue weighted by molar-refractivity contribution is 5.91. The van der Waals surface area contributed by atoms with Crippen LogP contribution in [0.25, 0.3) is 0 Å². The second kappa shape index (κ2) is 11.0. The minimum absolute atomic E-state index is 0.0551. The molecule has 1 heterocycles. The average Bonchev–Trinajstić information content (AvgIpc) is 2.67. The molecule has 2 N–H and O–H groups in total. The van der Waals surface area contributed by atoms with E-state index in [2.05, 4.69) is 5.32 Å². The van der Waals surface area contributed by atoms with Gasteiger partial charge in [-0.2, -0.15) is 0 Å². The molecule has 0 saturated heterocycles. The largest absolute Gasteiger partial charge is 0.459 e. The molecule has 0 bridgehead atoms. The lowest BCUT2D eigenvalue weighted by molar-refractivity contribution is -0.166. The molecule has 150 valence electrons. The quantitative estimate of drug-likeness (QED) is 0.609. The number of aliphatic hydroxyl groups is 1. The Balaban J connectivity index is 2.31. The lowest BCUT2D eigenvalue weighted by Gasteiger charge is -2.37. The molecular weight excluding hydrogens is 353 g/mol. The Bertz CT molecular complexity index is 619. The van der Waals surface area contributed by atoms with Gasteiger partial charge in [0.05, 0.1) is 6.61 Å². The number of benzene rings is 1. The van der Waals surface area contributed by atoms with Crippen LogP contribution in [0.2, 0.25) is 0 Å². The van der Waals surface area contributed by atoms with Crippen molar-refractivity contribution in [2.24, 2.45) is 5.92 Å². The summed E-state index contributed by atoms with van der Waals surface area (Å²) in [5, 5.41) is 12.0. The normalized spacial score (nSPS) is 22.1. The Hall–Kier alpha value is -1.96. The highest BCUT2D eigenvalue weighted by Gasteiger charge is 2.37. The molecule has 0 unspecified atom stereocenters. The van der Waals surface area contributed by atoms with Gasteiger partial charge in [-0.15, -0.1) is 0 Å². The number of methoxy groups -OCH3 is 1. The van der Waals surface area contributed by atoms with Crippen molar-refractivity contribution in [2.45, 2.75) is 32.0 Å². The Kier molecular flexibility index (Phi) is 8.71. The molecule has 7 heteroatoms. The second-order valence-electron chi connectivity index (χ2n) is 6.33. The number of rotatable bonds is 10. The van der Waals surface area contributed by atoms with Crippen molar-refractivity contribution in [3.8, 4) is 0 Å². The lowest BCUT2D eigenvalue weighted by atomic mass is 9.80. The standard InChI is InChI=1S/C20H28FNO5/c1-3-26-20-16(5-4-11-23)17(14-6-8-15(21)9-7-14)13-18(27-20)19(24)22-10-12-25-2/h6-9,13,16-17,20,23H,3-5,10-12H2,1-2H3,(H,22,24)/t16-,17+,20+/m0/s1. The zero-order chi connectivity index (χ0) is 19.6. The Morgan fingerprint density at radius 3 is 2.70 bits per heavy atom. The van der Waals surface area contributed by atoms with Crippen molar-refractivity contribution in [1.29, 1.82) is 0 Å². The van der Waals surface area contributed by atoms with Crippen LogP contribution in [0.5, 0.6) is 0 Å². The molecule has 2 rings (SSSR count). The van der Waals surface area contributed by atoms with Crippen molar-refractivity contribution in [1.82, 2.24) is 5.32 Å². The Morgan fingerprint density at radius 2 is 2.07 bits per heavy atom. The maximum Gasteiger partial charge on any atom is 0.286 e. The predicted molar refractivity (Wildman–Crippen MR) is 98.4 cm³/mol. The Morgan fingerprint density at radius 1 is 1.33 bits per heavy atom. The van der Waals surface area contributed by atoms with Gasteiger partial charge in [-0.1, -0.05) is 12.1 Å². The molecule has 0 aromatic heterocycles. The first-order valence-electron chi connectivity index (χ1n) is 9.24. The highest BCUT2D eigenvalue weighted by Crippen LogP contribution is 2.39. The van der Waals surface area contributed by atoms with E-state index in [1.54, 1.807) is 25.3 Å². The smallest absolute Gasteiger partial charge is 0.286 e. The van der Waals surface area contributed by atoms with E-state index in [0.717, 1.165) is 5.56 Å². The third kappa shape index (κ3) is 6.02. The van der Waals surface area contributed by atoms with Gasteiger partial charge in [-0.05, 0) is 43.5 Å². The molecule has 1 aliphatic heterocycles. The number of halogens is 1. The summed E-state index contributed by atoms with van der Waals surface area (Å²) < 4.78 is 29.9. The molecule has 0 fully saturated rings. The van der Waals surface area contributed by atoms with Crippen LogP contribution in [0, 0.1) is 11.7 Å². The summed E-state index contributed by atoms with van der Waals surface area (Å²) in [6.07, 6.45) is 2.37. The summed E-state index contributed by atoms with van der Waals surface area (Å²) in [7, 11) is 1.56. The highest BCUT2D eigenvalue weighted by atomic mass is 19.1. The average molecular weight is 381 g/mol. The van der Waals surface area contributed by atoms with Gasteiger partial charge < -0.3 is 24.6 Å². The van der Waals surface area contributed by atoms with E-state index in [4.69, 9.17) is 14.2 Å². The van der Waals surface area contributed by atoms with E-state index in [1.807, 2.05) is 6.92 Å². The van der Waals surface area contributed by atoms with E-state index in [9.17, 15) is 14.3 Å². The number of carbonyl (C=O) groups is 1. The molecule has 3 atom stereocenters. The number of aliphatic hydroxyl groups excluding tert-OH is 1. The molecule has 0 saturated carbocycles. The summed E-state index contributed by atoms with van der Waals surface area (Å²) in [5.41, 5.74) is 0.870. The van der Waals surface area contributed by atoms with Crippen LogP contribution in [0.1, 0.15) is 31.2 Å². The van der Waals surface area contributed by atoms with Crippen LogP contribution < -0.4 is 5.32 Å². The van der Waals surface area contributed by atoms with Crippen molar-refractivity contribution < 1.29 is 28.5 Å². The number of amides is 1. The van der Waals surface area contributed by atoms with Gasteiger partial charge in [0.15, 0.2) is 5.76 Å². The minimum atomic E-state index is -0.621.